The van der Waals surface area contributed by atoms with E-state index in [2.05, 4.69) is 28.8 Å². The molecule has 0 aliphatic rings. The van der Waals surface area contributed by atoms with E-state index >= 15 is 0 Å². The molecular formula is C11H15ClN4. The van der Waals surface area contributed by atoms with Crippen molar-refractivity contribution in [3.05, 3.63) is 23.2 Å². The maximum Gasteiger partial charge on any atom is 0.142 e. The maximum atomic E-state index is 6.07. The van der Waals surface area contributed by atoms with Crippen LogP contribution in [0.3, 0.4) is 0 Å². The van der Waals surface area contributed by atoms with E-state index in [1.54, 1.807) is 0 Å². The van der Waals surface area contributed by atoms with Crippen molar-refractivity contribution in [2.24, 2.45) is 11.1 Å². The lowest BCUT2D eigenvalue weighted by Crippen LogP contribution is -2.25. The van der Waals surface area contributed by atoms with Crippen LogP contribution in [0.1, 0.15) is 19.4 Å². The second kappa shape index (κ2) is 4.03. The molecule has 0 aliphatic carbocycles. The van der Waals surface area contributed by atoms with Crippen LogP contribution in [-0.2, 0) is 6.42 Å². The molecule has 0 unspecified atom stereocenters. The van der Waals surface area contributed by atoms with Crippen LogP contribution in [0.25, 0.3) is 11.0 Å². The minimum atomic E-state index is 0.0499. The first-order valence-corrected chi connectivity index (χ1v) is 5.58. The summed E-state index contributed by atoms with van der Waals surface area (Å²) in [6.45, 7) is 4.89. The molecule has 0 amide bonds. The molecule has 2 heterocycles. The van der Waals surface area contributed by atoms with Crippen molar-refractivity contribution in [3.8, 4) is 0 Å². The predicted molar refractivity (Wildman–Crippen MR) is 65.4 cm³/mol. The number of nitrogens with zero attached hydrogens (tertiary/aromatic N) is 2. The number of nitrogens with two attached hydrogens (primary N) is 1. The summed E-state index contributed by atoms with van der Waals surface area (Å²) in [6, 6.07) is 0. The average Bonchev–Trinajstić information content (AvgIpc) is 2.62. The Balaban J connectivity index is 2.46. The van der Waals surface area contributed by atoms with Gasteiger partial charge in [-0.3, -0.25) is 0 Å². The van der Waals surface area contributed by atoms with Crippen molar-refractivity contribution in [2.75, 3.05) is 6.54 Å². The van der Waals surface area contributed by atoms with E-state index in [1.807, 2.05) is 6.20 Å². The van der Waals surface area contributed by atoms with Gasteiger partial charge in [0.05, 0.1) is 5.39 Å². The van der Waals surface area contributed by atoms with E-state index in [4.69, 9.17) is 17.3 Å². The molecular weight excluding hydrogens is 224 g/mol. The highest BCUT2D eigenvalue weighted by atomic mass is 35.5. The summed E-state index contributed by atoms with van der Waals surface area (Å²) in [5, 5.41) is 1.40. The zero-order valence-corrected chi connectivity index (χ0v) is 10.2. The third kappa shape index (κ3) is 2.03. The molecule has 0 aliphatic heterocycles. The maximum absolute atomic E-state index is 6.07. The highest BCUT2D eigenvalue weighted by Gasteiger charge is 2.20. The van der Waals surface area contributed by atoms with Gasteiger partial charge >= 0.3 is 0 Å². The van der Waals surface area contributed by atoms with E-state index in [0.717, 1.165) is 23.0 Å². The van der Waals surface area contributed by atoms with Crippen LogP contribution in [0.4, 0.5) is 0 Å². The minimum absolute atomic E-state index is 0.0499. The highest BCUT2D eigenvalue weighted by Crippen LogP contribution is 2.28. The van der Waals surface area contributed by atoms with Gasteiger partial charge in [-0.15, -0.1) is 0 Å². The van der Waals surface area contributed by atoms with Crippen molar-refractivity contribution in [1.29, 1.82) is 0 Å². The Hall–Kier alpha value is -1.13. The lowest BCUT2D eigenvalue weighted by atomic mass is 9.86. The molecule has 16 heavy (non-hydrogen) atoms. The zero-order valence-electron chi connectivity index (χ0n) is 9.42. The summed E-state index contributed by atoms with van der Waals surface area (Å²) in [4.78, 5) is 11.2. The molecule has 0 bridgehead atoms. The molecule has 86 valence electrons. The number of hydrogen-bond donors (Lipinski definition) is 2. The first-order chi connectivity index (χ1) is 7.53. The minimum Gasteiger partial charge on any atom is -0.346 e. The Morgan fingerprint density at radius 1 is 1.44 bits per heavy atom. The number of hydrogen-bond acceptors (Lipinski definition) is 3. The van der Waals surface area contributed by atoms with Crippen LogP contribution in [-0.4, -0.2) is 21.5 Å². The molecule has 3 N–H and O–H groups in total. The molecule has 0 fully saturated rings. The molecule has 0 spiro atoms. The van der Waals surface area contributed by atoms with Crippen molar-refractivity contribution in [1.82, 2.24) is 15.0 Å². The Morgan fingerprint density at radius 2 is 2.19 bits per heavy atom. The quantitative estimate of drug-likeness (QED) is 0.805. The predicted octanol–water partition coefficient (Wildman–Crippen LogP) is 2.14. The summed E-state index contributed by atoms with van der Waals surface area (Å²) >= 11 is 6.07. The second-order valence-electron chi connectivity index (χ2n) is 4.75. The summed E-state index contributed by atoms with van der Waals surface area (Å²) in [5.41, 5.74) is 7.68. The van der Waals surface area contributed by atoms with Crippen LogP contribution in [0.5, 0.6) is 0 Å². The van der Waals surface area contributed by atoms with E-state index in [-0.39, 0.29) is 5.41 Å². The van der Waals surface area contributed by atoms with Crippen LogP contribution in [0.2, 0.25) is 5.15 Å². The third-order valence-electron chi connectivity index (χ3n) is 2.73. The number of H-pyrrole nitrogens is 1. The van der Waals surface area contributed by atoms with Crippen molar-refractivity contribution in [3.63, 3.8) is 0 Å². The van der Waals surface area contributed by atoms with Crippen molar-refractivity contribution >= 4 is 22.6 Å². The number of aromatic nitrogens is 3. The molecule has 0 radical (unpaired) electrons. The Bertz CT molecular complexity index is 504. The van der Waals surface area contributed by atoms with Gasteiger partial charge in [0.25, 0.3) is 0 Å². The fourth-order valence-electron chi connectivity index (χ4n) is 1.71. The summed E-state index contributed by atoms with van der Waals surface area (Å²) in [6.07, 6.45) is 4.25. The Labute approximate surface area is 99.2 Å². The zero-order chi connectivity index (χ0) is 11.8. The van der Waals surface area contributed by atoms with Gasteiger partial charge in [-0.05, 0) is 23.9 Å². The van der Waals surface area contributed by atoms with E-state index in [0.29, 0.717) is 11.7 Å². The number of aromatic amines is 1. The molecule has 0 aromatic carbocycles. The lowest BCUT2D eigenvalue weighted by Gasteiger charge is -2.21. The molecule has 2 rings (SSSR count). The van der Waals surface area contributed by atoms with Gasteiger partial charge in [0.1, 0.15) is 17.1 Å². The monoisotopic (exact) mass is 238 g/mol. The smallest absolute Gasteiger partial charge is 0.142 e. The van der Waals surface area contributed by atoms with Crippen LogP contribution in [0, 0.1) is 5.41 Å². The van der Waals surface area contributed by atoms with Gasteiger partial charge < -0.3 is 10.7 Å². The van der Waals surface area contributed by atoms with Gasteiger partial charge in [-0.2, -0.15) is 0 Å². The number of nitrogens with one attached hydrogen (secondary N) is 1. The van der Waals surface area contributed by atoms with Crippen LogP contribution in [0.15, 0.2) is 12.5 Å². The van der Waals surface area contributed by atoms with Gasteiger partial charge in [0, 0.05) is 6.20 Å². The lowest BCUT2D eigenvalue weighted by molar-refractivity contribution is 0.378. The van der Waals surface area contributed by atoms with Crippen molar-refractivity contribution < 1.29 is 0 Å². The molecule has 5 heteroatoms. The highest BCUT2D eigenvalue weighted by molar-refractivity contribution is 6.34. The standard InChI is InChI=1S/C11H15ClN4/c1-11(2,5-13)3-7-4-14-10-8(7)9(12)15-6-16-10/h4,6H,3,5,13H2,1-2H3,(H,14,15,16). The van der Waals surface area contributed by atoms with E-state index < -0.39 is 0 Å². The van der Waals surface area contributed by atoms with Gasteiger partial charge in [-0.1, -0.05) is 25.4 Å². The molecule has 4 nitrogen and oxygen atoms in total. The third-order valence-corrected chi connectivity index (χ3v) is 3.01. The fourth-order valence-corrected chi connectivity index (χ4v) is 1.97. The number of halogens is 1. The molecule has 0 atom stereocenters. The SMILES string of the molecule is CC(C)(CN)Cc1c[nH]c2ncnc(Cl)c12. The fraction of sp³-hybridized carbons (Fsp3) is 0.455. The number of fused-ring (bicyclic) bond motifs is 1. The van der Waals surface area contributed by atoms with E-state index in [9.17, 15) is 0 Å². The largest absolute Gasteiger partial charge is 0.346 e. The topological polar surface area (TPSA) is 67.6 Å². The van der Waals surface area contributed by atoms with E-state index in [1.165, 1.54) is 6.33 Å². The molecule has 0 saturated carbocycles. The summed E-state index contributed by atoms with van der Waals surface area (Å²) < 4.78 is 0. The van der Waals surface area contributed by atoms with Gasteiger partial charge in [-0.25, -0.2) is 9.97 Å². The normalized spacial score (nSPS) is 12.2. The first kappa shape index (κ1) is 11.4. The summed E-state index contributed by atoms with van der Waals surface area (Å²) in [5.74, 6) is 0. The molecule has 2 aromatic rings. The Morgan fingerprint density at radius 3 is 2.88 bits per heavy atom. The molecule has 2 aromatic heterocycles. The van der Waals surface area contributed by atoms with Crippen molar-refractivity contribution in [2.45, 2.75) is 20.3 Å². The van der Waals surface area contributed by atoms with Crippen LogP contribution < -0.4 is 5.73 Å². The molecule has 0 saturated heterocycles. The number of rotatable bonds is 3. The average molecular weight is 239 g/mol. The Kier molecular flexibility index (Phi) is 2.86. The van der Waals surface area contributed by atoms with Gasteiger partial charge in [0.2, 0.25) is 0 Å². The first-order valence-electron chi connectivity index (χ1n) is 5.20. The van der Waals surface area contributed by atoms with Gasteiger partial charge in [0.15, 0.2) is 0 Å². The second-order valence-corrected chi connectivity index (χ2v) is 5.11. The van der Waals surface area contributed by atoms with Crippen LogP contribution >= 0.6 is 11.6 Å². The summed E-state index contributed by atoms with van der Waals surface area (Å²) in [7, 11) is 0.